The average Bonchev–Trinajstić information content (AvgIpc) is 3.33. The Morgan fingerprint density at radius 1 is 1.04 bits per heavy atom. The second-order valence-corrected chi connectivity index (χ2v) is 5.71. The number of nitrogens with zero attached hydrogens (tertiary/aromatic N) is 4. The molecule has 1 N–H and O–H groups in total. The van der Waals surface area contributed by atoms with E-state index in [2.05, 4.69) is 20.7 Å². The normalized spacial score (nSPS) is 10.7. The first-order valence-corrected chi connectivity index (χ1v) is 8.00. The summed E-state index contributed by atoms with van der Waals surface area (Å²) in [7, 11) is 0. The fourth-order valence-corrected chi connectivity index (χ4v) is 2.72. The van der Waals surface area contributed by atoms with E-state index in [0.29, 0.717) is 17.1 Å². The van der Waals surface area contributed by atoms with Gasteiger partial charge in [-0.15, -0.1) is 10.2 Å². The molecule has 4 aromatic rings. The van der Waals surface area contributed by atoms with Crippen molar-refractivity contribution in [2.45, 2.75) is 6.92 Å². The Labute approximate surface area is 149 Å². The van der Waals surface area contributed by atoms with Gasteiger partial charge in [-0.25, -0.2) is 0 Å². The van der Waals surface area contributed by atoms with E-state index in [1.54, 1.807) is 35.4 Å². The Balaban J connectivity index is 1.63. The highest BCUT2D eigenvalue weighted by molar-refractivity contribution is 6.05. The molecule has 2 aromatic heterocycles. The van der Waals surface area contributed by atoms with Gasteiger partial charge in [-0.05, 0) is 30.7 Å². The predicted molar refractivity (Wildman–Crippen MR) is 96.0 cm³/mol. The molecule has 0 radical (unpaired) electrons. The third-order valence-electron chi connectivity index (χ3n) is 3.98. The molecule has 2 aromatic carbocycles. The number of hydrogen-bond donors (Lipinski definition) is 1. The van der Waals surface area contributed by atoms with Crippen molar-refractivity contribution < 1.29 is 9.32 Å². The Kier molecular flexibility index (Phi) is 4.03. The number of nitrogens with one attached hydrogen (secondary N) is 1. The van der Waals surface area contributed by atoms with Crippen LogP contribution >= 0.6 is 0 Å². The lowest BCUT2D eigenvalue weighted by Crippen LogP contribution is -2.12. The molecule has 0 aliphatic carbocycles. The Morgan fingerprint density at radius 3 is 2.58 bits per heavy atom. The molecule has 2 heterocycles. The third-order valence-corrected chi connectivity index (χ3v) is 3.98. The van der Waals surface area contributed by atoms with Gasteiger partial charge in [-0.2, -0.15) is 0 Å². The molecule has 26 heavy (non-hydrogen) atoms. The molecule has 7 heteroatoms. The number of aromatic nitrogens is 4. The van der Waals surface area contributed by atoms with Gasteiger partial charge in [0.25, 0.3) is 5.91 Å². The van der Waals surface area contributed by atoms with Gasteiger partial charge < -0.3 is 4.52 Å². The molecule has 0 aliphatic heterocycles. The maximum absolute atomic E-state index is 12.7. The summed E-state index contributed by atoms with van der Waals surface area (Å²) in [5.74, 6) is 0.0432. The van der Waals surface area contributed by atoms with Crippen molar-refractivity contribution in [2.24, 2.45) is 0 Å². The zero-order valence-electron chi connectivity index (χ0n) is 14.0. The Bertz CT molecular complexity index is 1040. The SMILES string of the molecule is Cc1noc(NC(=O)c2cccc(-n3cnnc3)c2)c1-c1ccccc1. The predicted octanol–water partition coefficient (Wildman–Crippen LogP) is 3.48. The molecule has 0 spiro atoms. The van der Waals surface area contributed by atoms with Gasteiger partial charge in [0.05, 0.1) is 11.3 Å². The monoisotopic (exact) mass is 345 g/mol. The summed E-state index contributed by atoms with van der Waals surface area (Å²) in [6.07, 6.45) is 3.15. The number of benzene rings is 2. The van der Waals surface area contributed by atoms with Gasteiger partial charge in [0.15, 0.2) is 0 Å². The van der Waals surface area contributed by atoms with Crippen molar-refractivity contribution in [3.8, 4) is 16.8 Å². The molecule has 0 saturated carbocycles. The van der Waals surface area contributed by atoms with Crippen molar-refractivity contribution in [1.82, 2.24) is 19.9 Å². The number of rotatable bonds is 4. The lowest BCUT2D eigenvalue weighted by molar-refractivity contribution is 0.102. The average molecular weight is 345 g/mol. The molecule has 0 unspecified atom stereocenters. The van der Waals surface area contributed by atoms with Crippen LogP contribution in [0.15, 0.2) is 71.8 Å². The van der Waals surface area contributed by atoms with Gasteiger partial charge in [-0.3, -0.25) is 14.7 Å². The molecule has 128 valence electrons. The van der Waals surface area contributed by atoms with Crippen LogP contribution in [0.1, 0.15) is 16.1 Å². The highest BCUT2D eigenvalue weighted by atomic mass is 16.5. The maximum atomic E-state index is 12.7. The van der Waals surface area contributed by atoms with E-state index in [1.165, 1.54) is 0 Å². The maximum Gasteiger partial charge on any atom is 0.258 e. The van der Waals surface area contributed by atoms with E-state index in [1.807, 2.05) is 43.3 Å². The molecule has 0 atom stereocenters. The summed E-state index contributed by atoms with van der Waals surface area (Å²) >= 11 is 0. The summed E-state index contributed by atoms with van der Waals surface area (Å²) in [6, 6.07) is 16.8. The van der Waals surface area contributed by atoms with E-state index in [9.17, 15) is 4.79 Å². The van der Waals surface area contributed by atoms with Crippen LogP contribution in [0.25, 0.3) is 16.8 Å². The fraction of sp³-hybridized carbons (Fsp3) is 0.0526. The number of amides is 1. The van der Waals surface area contributed by atoms with E-state index < -0.39 is 0 Å². The largest absolute Gasteiger partial charge is 0.337 e. The zero-order chi connectivity index (χ0) is 17.9. The summed E-state index contributed by atoms with van der Waals surface area (Å²) in [5.41, 5.74) is 3.70. The Hall–Kier alpha value is -3.74. The van der Waals surface area contributed by atoms with Crippen LogP contribution in [0.4, 0.5) is 5.88 Å². The number of carbonyl (C=O) groups excluding carboxylic acids is 1. The van der Waals surface area contributed by atoms with Crippen LogP contribution in [0.2, 0.25) is 0 Å². The second kappa shape index (κ2) is 6.64. The minimum absolute atomic E-state index is 0.284. The Morgan fingerprint density at radius 2 is 1.81 bits per heavy atom. The van der Waals surface area contributed by atoms with Crippen LogP contribution in [-0.2, 0) is 0 Å². The summed E-state index contributed by atoms with van der Waals surface area (Å²) < 4.78 is 7.06. The lowest BCUT2D eigenvalue weighted by atomic mass is 10.1. The van der Waals surface area contributed by atoms with Crippen LogP contribution in [0.3, 0.4) is 0 Å². The van der Waals surface area contributed by atoms with Crippen LogP contribution in [-0.4, -0.2) is 25.8 Å². The third kappa shape index (κ3) is 2.98. The van der Waals surface area contributed by atoms with Gasteiger partial charge in [0.1, 0.15) is 12.7 Å². The molecule has 4 rings (SSSR count). The molecular formula is C19H15N5O2. The van der Waals surface area contributed by atoms with Gasteiger partial charge in [0, 0.05) is 11.3 Å². The standard InChI is InChI=1S/C19H15N5O2/c1-13-17(14-6-3-2-4-7-14)19(26-23-13)22-18(25)15-8-5-9-16(10-15)24-11-20-21-12-24/h2-12H,1H3,(H,22,25). The van der Waals surface area contributed by atoms with E-state index in [4.69, 9.17) is 4.52 Å². The second-order valence-electron chi connectivity index (χ2n) is 5.71. The summed E-state index contributed by atoms with van der Waals surface area (Å²) in [4.78, 5) is 12.7. The highest BCUT2D eigenvalue weighted by Crippen LogP contribution is 2.31. The van der Waals surface area contributed by atoms with Crippen LogP contribution in [0, 0.1) is 6.92 Å². The molecule has 0 saturated heterocycles. The van der Waals surface area contributed by atoms with E-state index in [-0.39, 0.29) is 5.91 Å². The molecule has 1 amide bonds. The molecule has 0 bridgehead atoms. The van der Waals surface area contributed by atoms with Crippen molar-refractivity contribution in [3.05, 3.63) is 78.5 Å². The van der Waals surface area contributed by atoms with E-state index in [0.717, 1.165) is 16.8 Å². The minimum atomic E-state index is -0.284. The number of aryl methyl sites for hydroxylation is 1. The number of hydrogen-bond acceptors (Lipinski definition) is 5. The quantitative estimate of drug-likeness (QED) is 0.612. The topological polar surface area (TPSA) is 85.8 Å². The van der Waals surface area contributed by atoms with Gasteiger partial charge in [0.2, 0.25) is 5.88 Å². The zero-order valence-corrected chi connectivity index (χ0v) is 14.0. The molecule has 7 nitrogen and oxygen atoms in total. The van der Waals surface area contributed by atoms with Crippen molar-refractivity contribution in [2.75, 3.05) is 5.32 Å². The summed E-state index contributed by atoms with van der Waals surface area (Å²) in [5, 5.41) is 14.4. The number of anilines is 1. The van der Waals surface area contributed by atoms with Gasteiger partial charge >= 0.3 is 0 Å². The fourth-order valence-electron chi connectivity index (χ4n) is 2.72. The van der Waals surface area contributed by atoms with Crippen molar-refractivity contribution >= 4 is 11.8 Å². The van der Waals surface area contributed by atoms with E-state index >= 15 is 0 Å². The number of carbonyl (C=O) groups is 1. The molecular weight excluding hydrogens is 330 g/mol. The van der Waals surface area contributed by atoms with Crippen molar-refractivity contribution in [1.29, 1.82) is 0 Å². The highest BCUT2D eigenvalue weighted by Gasteiger charge is 2.18. The van der Waals surface area contributed by atoms with Crippen molar-refractivity contribution in [3.63, 3.8) is 0 Å². The summed E-state index contributed by atoms with van der Waals surface area (Å²) in [6.45, 7) is 1.84. The first-order valence-electron chi connectivity index (χ1n) is 8.00. The molecule has 0 aliphatic rings. The minimum Gasteiger partial charge on any atom is -0.337 e. The lowest BCUT2D eigenvalue weighted by Gasteiger charge is -2.07. The van der Waals surface area contributed by atoms with Crippen LogP contribution < -0.4 is 5.32 Å². The first kappa shape index (κ1) is 15.8. The van der Waals surface area contributed by atoms with Gasteiger partial charge in [-0.1, -0.05) is 41.6 Å². The first-order chi connectivity index (χ1) is 12.7. The van der Waals surface area contributed by atoms with Crippen LogP contribution in [0.5, 0.6) is 0 Å². The molecule has 0 fully saturated rings. The smallest absolute Gasteiger partial charge is 0.258 e.